The number of ether oxygens (including phenoxy) is 1. The Bertz CT molecular complexity index is 168. The largest absolute Gasteiger partial charge is 0.390 e. The van der Waals surface area contributed by atoms with E-state index in [-0.39, 0.29) is 0 Å². The Labute approximate surface area is 71.8 Å². The summed E-state index contributed by atoms with van der Waals surface area (Å²) in [5.74, 6) is 0. The SMILES string of the molecule is CO[C@H]1[C@H](O)[C@H](O)[C@@H](O)C1(C)C. The Morgan fingerprint density at radius 1 is 1.08 bits per heavy atom. The lowest BCUT2D eigenvalue weighted by atomic mass is 9.86. The number of aliphatic hydroxyl groups excluding tert-OH is 3. The first-order valence-electron chi connectivity index (χ1n) is 4.00. The van der Waals surface area contributed by atoms with Gasteiger partial charge in [-0.05, 0) is 0 Å². The molecule has 0 bridgehead atoms. The molecule has 0 amide bonds. The van der Waals surface area contributed by atoms with Crippen LogP contribution in [0.5, 0.6) is 0 Å². The predicted octanol–water partition coefficient (Wildman–Crippen LogP) is -0.876. The zero-order valence-corrected chi connectivity index (χ0v) is 7.56. The predicted molar refractivity (Wildman–Crippen MR) is 42.6 cm³/mol. The molecule has 0 aromatic carbocycles. The quantitative estimate of drug-likeness (QED) is 0.485. The van der Waals surface area contributed by atoms with Gasteiger partial charge in [0, 0.05) is 12.5 Å². The highest BCUT2D eigenvalue weighted by molar-refractivity contribution is 5.04. The second-order valence-electron chi connectivity index (χ2n) is 3.90. The molecule has 1 aliphatic rings. The Morgan fingerprint density at radius 3 is 1.75 bits per heavy atom. The minimum atomic E-state index is -1.11. The Hall–Kier alpha value is -0.160. The van der Waals surface area contributed by atoms with Crippen LogP contribution in [0, 0.1) is 5.41 Å². The maximum Gasteiger partial charge on any atom is 0.109 e. The third-order valence-electron chi connectivity index (χ3n) is 2.73. The zero-order chi connectivity index (χ0) is 9.52. The summed E-state index contributed by atoms with van der Waals surface area (Å²) in [4.78, 5) is 0. The van der Waals surface area contributed by atoms with Gasteiger partial charge in [0.05, 0.1) is 12.2 Å². The van der Waals surface area contributed by atoms with Crippen molar-refractivity contribution in [3.8, 4) is 0 Å². The second-order valence-corrected chi connectivity index (χ2v) is 3.90. The van der Waals surface area contributed by atoms with Crippen LogP contribution in [0.15, 0.2) is 0 Å². The average molecular weight is 176 g/mol. The Kier molecular flexibility index (Phi) is 2.45. The molecule has 0 aromatic rings. The van der Waals surface area contributed by atoms with Crippen LogP contribution >= 0.6 is 0 Å². The molecule has 0 saturated heterocycles. The molecule has 4 nitrogen and oxygen atoms in total. The van der Waals surface area contributed by atoms with Gasteiger partial charge in [-0.1, -0.05) is 13.8 Å². The van der Waals surface area contributed by atoms with Crippen molar-refractivity contribution in [1.82, 2.24) is 0 Å². The van der Waals surface area contributed by atoms with Crippen LogP contribution in [0.4, 0.5) is 0 Å². The van der Waals surface area contributed by atoms with Crippen molar-refractivity contribution < 1.29 is 20.1 Å². The van der Waals surface area contributed by atoms with E-state index < -0.39 is 29.8 Å². The van der Waals surface area contributed by atoms with E-state index in [1.54, 1.807) is 13.8 Å². The van der Waals surface area contributed by atoms with Crippen molar-refractivity contribution >= 4 is 0 Å². The molecule has 1 aliphatic carbocycles. The van der Waals surface area contributed by atoms with E-state index in [1.165, 1.54) is 7.11 Å². The van der Waals surface area contributed by atoms with Crippen molar-refractivity contribution in [2.75, 3.05) is 7.11 Å². The molecule has 0 spiro atoms. The van der Waals surface area contributed by atoms with Crippen LogP contribution in [-0.2, 0) is 4.74 Å². The fourth-order valence-electron chi connectivity index (χ4n) is 1.86. The first-order chi connectivity index (χ1) is 5.42. The number of methoxy groups -OCH3 is 1. The molecular formula is C8H16O4. The van der Waals surface area contributed by atoms with Crippen LogP contribution in [0.2, 0.25) is 0 Å². The maximum atomic E-state index is 9.51. The number of aliphatic hydroxyl groups is 3. The highest BCUT2D eigenvalue weighted by Gasteiger charge is 2.54. The van der Waals surface area contributed by atoms with Gasteiger partial charge in [-0.3, -0.25) is 0 Å². The van der Waals surface area contributed by atoms with Gasteiger partial charge in [-0.15, -0.1) is 0 Å². The van der Waals surface area contributed by atoms with Crippen molar-refractivity contribution in [1.29, 1.82) is 0 Å². The van der Waals surface area contributed by atoms with Gasteiger partial charge in [0.1, 0.15) is 12.2 Å². The zero-order valence-electron chi connectivity index (χ0n) is 7.56. The lowest BCUT2D eigenvalue weighted by Crippen LogP contribution is -2.37. The minimum Gasteiger partial charge on any atom is -0.390 e. The van der Waals surface area contributed by atoms with E-state index in [2.05, 4.69) is 0 Å². The first-order valence-corrected chi connectivity index (χ1v) is 4.00. The van der Waals surface area contributed by atoms with Gasteiger partial charge in [0.25, 0.3) is 0 Å². The fraction of sp³-hybridized carbons (Fsp3) is 1.00. The smallest absolute Gasteiger partial charge is 0.109 e. The summed E-state index contributed by atoms with van der Waals surface area (Å²) in [6, 6.07) is 0. The normalized spacial score (nSPS) is 46.5. The summed E-state index contributed by atoms with van der Waals surface area (Å²) in [5.41, 5.74) is -0.604. The molecule has 1 saturated carbocycles. The number of hydrogen-bond donors (Lipinski definition) is 3. The molecule has 0 radical (unpaired) electrons. The molecule has 12 heavy (non-hydrogen) atoms. The highest BCUT2D eigenvalue weighted by Crippen LogP contribution is 2.39. The molecule has 0 aromatic heterocycles. The number of hydrogen-bond acceptors (Lipinski definition) is 4. The third-order valence-corrected chi connectivity index (χ3v) is 2.73. The summed E-state index contributed by atoms with van der Waals surface area (Å²) in [6.45, 7) is 3.51. The van der Waals surface area contributed by atoms with Crippen molar-refractivity contribution in [3.63, 3.8) is 0 Å². The summed E-state index contributed by atoms with van der Waals surface area (Å²) in [5, 5.41) is 28.3. The van der Waals surface area contributed by atoms with Gasteiger partial charge in [0.15, 0.2) is 0 Å². The molecular weight excluding hydrogens is 160 g/mol. The molecule has 0 unspecified atom stereocenters. The molecule has 0 heterocycles. The van der Waals surface area contributed by atoms with E-state index in [4.69, 9.17) is 4.74 Å². The summed E-state index contributed by atoms with van der Waals surface area (Å²) >= 11 is 0. The van der Waals surface area contributed by atoms with E-state index in [1.807, 2.05) is 0 Å². The van der Waals surface area contributed by atoms with Crippen LogP contribution < -0.4 is 0 Å². The molecule has 0 aliphatic heterocycles. The monoisotopic (exact) mass is 176 g/mol. The van der Waals surface area contributed by atoms with Crippen molar-refractivity contribution in [2.45, 2.75) is 38.3 Å². The highest BCUT2D eigenvalue weighted by atomic mass is 16.5. The standard InChI is InChI=1S/C8H16O4/c1-8(2)6(11)4(9)5(10)7(8)12-3/h4-7,9-11H,1-3H3/t4-,5+,6+,7-/m0/s1. The van der Waals surface area contributed by atoms with Crippen LogP contribution in [-0.4, -0.2) is 46.8 Å². The number of rotatable bonds is 1. The van der Waals surface area contributed by atoms with E-state index in [9.17, 15) is 15.3 Å². The van der Waals surface area contributed by atoms with Crippen LogP contribution in [0.3, 0.4) is 0 Å². The Morgan fingerprint density at radius 2 is 1.58 bits per heavy atom. The molecule has 3 N–H and O–H groups in total. The fourth-order valence-corrected chi connectivity index (χ4v) is 1.86. The molecule has 1 rings (SSSR count). The van der Waals surface area contributed by atoms with Crippen LogP contribution in [0.25, 0.3) is 0 Å². The van der Waals surface area contributed by atoms with Crippen molar-refractivity contribution in [3.05, 3.63) is 0 Å². The second kappa shape index (κ2) is 2.96. The molecule has 72 valence electrons. The van der Waals surface area contributed by atoms with Gasteiger partial charge in [-0.25, -0.2) is 0 Å². The lowest BCUT2D eigenvalue weighted by molar-refractivity contribution is -0.0604. The lowest BCUT2D eigenvalue weighted by Gasteiger charge is -2.28. The summed E-state index contributed by atoms with van der Waals surface area (Å²) < 4.78 is 5.01. The summed E-state index contributed by atoms with van der Waals surface area (Å²) in [7, 11) is 1.46. The molecule has 1 fully saturated rings. The van der Waals surface area contributed by atoms with E-state index >= 15 is 0 Å². The molecule has 4 heteroatoms. The van der Waals surface area contributed by atoms with E-state index in [0.717, 1.165) is 0 Å². The van der Waals surface area contributed by atoms with Gasteiger partial charge < -0.3 is 20.1 Å². The maximum absolute atomic E-state index is 9.51. The Balaban J connectivity index is 2.88. The summed E-state index contributed by atoms with van der Waals surface area (Å²) in [6.07, 6.45) is -3.55. The first kappa shape index (κ1) is 9.92. The van der Waals surface area contributed by atoms with Gasteiger partial charge in [-0.2, -0.15) is 0 Å². The average Bonchev–Trinajstić information content (AvgIpc) is 2.13. The van der Waals surface area contributed by atoms with Crippen molar-refractivity contribution in [2.24, 2.45) is 5.41 Å². The van der Waals surface area contributed by atoms with Gasteiger partial charge >= 0.3 is 0 Å². The minimum absolute atomic E-state index is 0.512. The topological polar surface area (TPSA) is 69.9 Å². The van der Waals surface area contributed by atoms with Gasteiger partial charge in [0.2, 0.25) is 0 Å². The van der Waals surface area contributed by atoms with Crippen LogP contribution in [0.1, 0.15) is 13.8 Å². The third kappa shape index (κ3) is 1.15. The molecule has 4 atom stereocenters. The van der Waals surface area contributed by atoms with E-state index in [0.29, 0.717) is 0 Å².